The molecule has 0 atom stereocenters. The van der Waals surface area contributed by atoms with Crippen LogP contribution in [0.25, 0.3) is 6.08 Å². The predicted octanol–water partition coefficient (Wildman–Crippen LogP) is 5.56. The van der Waals surface area contributed by atoms with E-state index in [1.807, 2.05) is 24.3 Å². The first-order chi connectivity index (χ1) is 18.8. The lowest BCUT2D eigenvalue weighted by atomic mass is 10.00. The van der Waals surface area contributed by atoms with E-state index in [4.69, 9.17) is 4.74 Å². The molecular formula is C28H22BrN3O6S. The maximum atomic E-state index is 13.0. The van der Waals surface area contributed by atoms with Crippen LogP contribution in [0.4, 0.5) is 10.5 Å². The number of hydrogen-bond acceptors (Lipinski definition) is 7. The standard InChI is InChI=1S/C28H22BrN3O6S/c29-23-13-18(8-9-24(23)38-17-19-4-3-7-22(12-19)32(36)37)14-25-27(34)31(28(35)39-25)16-26(33)30-11-10-20-5-1-2-6-21(20)15-30/h1-9,12-14H,10-11,15-17H2/b25-14-. The van der Waals surface area contributed by atoms with E-state index < -0.39 is 16.1 Å². The van der Waals surface area contributed by atoms with Crippen LogP contribution in [0.1, 0.15) is 22.3 Å². The first kappa shape index (κ1) is 26.6. The number of thioether (sulfide) groups is 1. The second kappa shape index (κ2) is 11.4. The minimum atomic E-state index is -0.502. The van der Waals surface area contributed by atoms with Gasteiger partial charge in [-0.1, -0.05) is 42.5 Å². The van der Waals surface area contributed by atoms with Crippen molar-refractivity contribution in [3.8, 4) is 5.75 Å². The molecule has 0 aromatic heterocycles. The number of ether oxygens (including phenoxy) is 1. The second-order valence-corrected chi connectivity index (χ2v) is 10.9. The Hall–Kier alpha value is -3.96. The number of carbonyl (C=O) groups is 3. The van der Waals surface area contributed by atoms with Crippen molar-refractivity contribution in [1.29, 1.82) is 0 Å². The molecule has 3 aromatic rings. The van der Waals surface area contributed by atoms with Crippen molar-refractivity contribution in [2.45, 2.75) is 19.6 Å². The van der Waals surface area contributed by atoms with Gasteiger partial charge in [-0.2, -0.15) is 0 Å². The van der Waals surface area contributed by atoms with Crippen LogP contribution in [0.15, 0.2) is 76.1 Å². The molecule has 0 unspecified atom stereocenters. The summed E-state index contributed by atoms with van der Waals surface area (Å²) in [7, 11) is 0. The zero-order valence-electron chi connectivity index (χ0n) is 20.5. The summed E-state index contributed by atoms with van der Waals surface area (Å²) in [6, 6.07) is 19.3. The van der Waals surface area contributed by atoms with E-state index in [0.717, 1.165) is 28.6 Å². The number of benzene rings is 3. The van der Waals surface area contributed by atoms with Crippen LogP contribution in [0.2, 0.25) is 0 Å². The van der Waals surface area contributed by atoms with Crippen molar-refractivity contribution in [3.63, 3.8) is 0 Å². The zero-order chi connectivity index (χ0) is 27.5. The summed E-state index contributed by atoms with van der Waals surface area (Å²) >= 11 is 4.25. The summed E-state index contributed by atoms with van der Waals surface area (Å²) in [4.78, 5) is 51.9. The van der Waals surface area contributed by atoms with Crippen molar-refractivity contribution in [1.82, 2.24) is 9.80 Å². The predicted molar refractivity (Wildman–Crippen MR) is 150 cm³/mol. The molecule has 9 nitrogen and oxygen atoms in total. The van der Waals surface area contributed by atoms with Gasteiger partial charge in [0.2, 0.25) is 5.91 Å². The van der Waals surface area contributed by atoms with Gasteiger partial charge < -0.3 is 9.64 Å². The van der Waals surface area contributed by atoms with E-state index >= 15 is 0 Å². The number of amides is 3. The van der Waals surface area contributed by atoms with Gasteiger partial charge in [-0.15, -0.1) is 0 Å². The Morgan fingerprint density at radius 3 is 2.64 bits per heavy atom. The molecule has 0 bridgehead atoms. The highest BCUT2D eigenvalue weighted by Gasteiger charge is 2.37. The zero-order valence-corrected chi connectivity index (χ0v) is 22.9. The van der Waals surface area contributed by atoms with E-state index in [1.165, 1.54) is 17.7 Å². The lowest BCUT2D eigenvalue weighted by Crippen LogP contribution is -2.44. The largest absolute Gasteiger partial charge is 0.488 e. The van der Waals surface area contributed by atoms with Gasteiger partial charge in [-0.3, -0.25) is 29.4 Å². The lowest BCUT2D eigenvalue weighted by Gasteiger charge is -2.29. The molecule has 1 saturated heterocycles. The Bertz CT molecular complexity index is 1520. The van der Waals surface area contributed by atoms with Crippen LogP contribution in [-0.4, -0.2) is 44.9 Å². The van der Waals surface area contributed by atoms with Gasteiger partial charge in [-0.25, -0.2) is 0 Å². The fourth-order valence-corrected chi connectivity index (χ4v) is 5.73. The molecule has 0 spiro atoms. The average molecular weight is 608 g/mol. The molecule has 2 aliphatic heterocycles. The fraction of sp³-hybridized carbons (Fsp3) is 0.179. The van der Waals surface area contributed by atoms with Gasteiger partial charge >= 0.3 is 0 Å². The number of imide groups is 1. The van der Waals surface area contributed by atoms with E-state index in [0.29, 0.717) is 34.4 Å². The number of hydrogen-bond donors (Lipinski definition) is 0. The lowest BCUT2D eigenvalue weighted by molar-refractivity contribution is -0.384. The number of nitro benzene ring substituents is 1. The average Bonchev–Trinajstić information content (AvgIpc) is 3.19. The number of carbonyl (C=O) groups excluding carboxylic acids is 3. The number of nitro groups is 1. The van der Waals surface area contributed by atoms with Crippen LogP contribution in [0, 0.1) is 10.1 Å². The second-order valence-electron chi connectivity index (χ2n) is 9.01. The van der Waals surface area contributed by atoms with Crippen LogP contribution < -0.4 is 4.74 Å². The monoisotopic (exact) mass is 607 g/mol. The van der Waals surface area contributed by atoms with Gasteiger partial charge in [0.05, 0.1) is 14.3 Å². The quantitative estimate of drug-likeness (QED) is 0.196. The van der Waals surface area contributed by atoms with Crippen molar-refractivity contribution >= 4 is 56.5 Å². The summed E-state index contributed by atoms with van der Waals surface area (Å²) in [5.74, 6) is -0.251. The smallest absolute Gasteiger partial charge is 0.294 e. The molecule has 2 aliphatic rings. The Morgan fingerprint density at radius 2 is 1.87 bits per heavy atom. The SMILES string of the molecule is O=C(CN1C(=O)S/C(=C\c2ccc(OCc3cccc([N+](=O)[O-])c3)c(Br)c2)C1=O)N1CCc2ccccc2C1. The number of rotatable bonds is 7. The Balaban J connectivity index is 1.22. The highest BCUT2D eigenvalue weighted by Crippen LogP contribution is 2.34. The molecular weight excluding hydrogens is 586 g/mol. The third kappa shape index (κ3) is 6.04. The summed E-state index contributed by atoms with van der Waals surface area (Å²) in [6.07, 6.45) is 2.34. The summed E-state index contributed by atoms with van der Waals surface area (Å²) in [5, 5.41) is 10.5. The molecule has 3 aromatic carbocycles. The van der Waals surface area contributed by atoms with Crippen LogP contribution in [0.3, 0.4) is 0 Å². The highest BCUT2D eigenvalue weighted by atomic mass is 79.9. The molecule has 0 N–H and O–H groups in total. The van der Waals surface area contributed by atoms with Gasteiger partial charge in [0, 0.05) is 25.2 Å². The minimum absolute atomic E-state index is 0.0116. The third-order valence-corrected chi connectivity index (χ3v) is 7.95. The van der Waals surface area contributed by atoms with Gasteiger partial charge in [0.25, 0.3) is 16.8 Å². The van der Waals surface area contributed by atoms with E-state index in [9.17, 15) is 24.5 Å². The molecule has 2 heterocycles. The molecule has 11 heteroatoms. The minimum Gasteiger partial charge on any atom is -0.488 e. The first-order valence-corrected chi connectivity index (χ1v) is 13.6. The molecule has 39 heavy (non-hydrogen) atoms. The van der Waals surface area contributed by atoms with Gasteiger partial charge in [-0.05, 0) is 74.6 Å². The normalized spacial score (nSPS) is 16.0. The van der Waals surface area contributed by atoms with Crippen molar-refractivity contribution in [2.24, 2.45) is 0 Å². The summed E-state index contributed by atoms with van der Waals surface area (Å²) in [6.45, 7) is 0.851. The first-order valence-electron chi connectivity index (χ1n) is 12.0. The Kier molecular flexibility index (Phi) is 7.80. The van der Waals surface area contributed by atoms with Crippen molar-refractivity contribution in [2.75, 3.05) is 13.1 Å². The Labute approximate surface area is 236 Å². The topological polar surface area (TPSA) is 110 Å². The molecule has 198 valence electrons. The fourth-order valence-electron chi connectivity index (χ4n) is 4.38. The molecule has 0 radical (unpaired) electrons. The highest BCUT2D eigenvalue weighted by molar-refractivity contribution is 9.10. The molecule has 3 amide bonds. The number of fused-ring (bicyclic) bond motifs is 1. The summed E-state index contributed by atoms with van der Waals surface area (Å²) in [5.41, 5.74) is 3.59. The maximum Gasteiger partial charge on any atom is 0.294 e. The maximum absolute atomic E-state index is 13.0. The van der Waals surface area contributed by atoms with Gasteiger partial charge in [0.15, 0.2) is 0 Å². The molecule has 0 aliphatic carbocycles. The number of halogens is 1. The van der Waals surface area contributed by atoms with Gasteiger partial charge in [0.1, 0.15) is 18.9 Å². The number of nitrogens with zero attached hydrogens (tertiary/aromatic N) is 3. The van der Waals surface area contributed by atoms with E-state index in [1.54, 1.807) is 41.3 Å². The van der Waals surface area contributed by atoms with Crippen LogP contribution in [-0.2, 0) is 29.2 Å². The van der Waals surface area contributed by atoms with Crippen molar-refractivity contribution in [3.05, 3.63) is 108 Å². The van der Waals surface area contributed by atoms with E-state index in [2.05, 4.69) is 15.9 Å². The molecule has 5 rings (SSSR count). The van der Waals surface area contributed by atoms with Crippen LogP contribution in [0.5, 0.6) is 5.75 Å². The molecule has 1 fully saturated rings. The number of non-ortho nitro benzene ring substituents is 1. The Morgan fingerprint density at radius 1 is 1.08 bits per heavy atom. The third-order valence-electron chi connectivity index (χ3n) is 6.42. The van der Waals surface area contributed by atoms with Crippen LogP contribution >= 0.6 is 27.7 Å². The van der Waals surface area contributed by atoms with Crippen molar-refractivity contribution < 1.29 is 24.0 Å². The summed E-state index contributed by atoms with van der Waals surface area (Å²) < 4.78 is 6.41. The molecule has 0 saturated carbocycles. The van der Waals surface area contributed by atoms with E-state index in [-0.39, 0.29) is 29.7 Å².